The molecule has 2 aromatic rings. The van der Waals surface area contributed by atoms with Crippen molar-refractivity contribution in [2.45, 2.75) is 32.2 Å². The maximum absolute atomic E-state index is 12.7. The molecule has 0 saturated carbocycles. The molecule has 3 rings (SSSR count). The van der Waals surface area contributed by atoms with Gasteiger partial charge in [0.15, 0.2) is 6.19 Å². The molecule has 1 aromatic heterocycles. The standard InChI is InChI=1S/C19H21N5O4/c1-12-8-13-9-14(5-6-16(13)28-12)22-19(21-11-20)23-15-4-2-3-7-24(18(15)27)10-17(25)26/h5-6,8-9,15H,2-4,7,10H2,1H3,(H,25,26)(H2,21,22,23). The number of furan rings is 1. The van der Waals surface area contributed by atoms with E-state index < -0.39 is 12.0 Å². The Morgan fingerprint density at radius 3 is 3.00 bits per heavy atom. The van der Waals surface area contributed by atoms with E-state index in [9.17, 15) is 9.59 Å². The van der Waals surface area contributed by atoms with Crippen LogP contribution in [0, 0.1) is 18.4 Å². The number of aliphatic carboxylic acids is 1. The van der Waals surface area contributed by atoms with Gasteiger partial charge >= 0.3 is 5.97 Å². The summed E-state index contributed by atoms with van der Waals surface area (Å²) in [6.07, 6.45) is 3.77. The molecule has 146 valence electrons. The van der Waals surface area contributed by atoms with Crippen LogP contribution in [0.25, 0.3) is 11.0 Å². The molecule has 1 aromatic carbocycles. The molecule has 1 aliphatic heterocycles. The molecule has 2 heterocycles. The Labute approximate surface area is 161 Å². The van der Waals surface area contributed by atoms with Crippen LogP contribution in [0.3, 0.4) is 0 Å². The number of amides is 1. The minimum atomic E-state index is -1.06. The molecule has 1 saturated heterocycles. The van der Waals surface area contributed by atoms with E-state index in [1.165, 1.54) is 4.90 Å². The maximum Gasteiger partial charge on any atom is 0.323 e. The number of carboxylic acid groups (broad SMARTS) is 1. The van der Waals surface area contributed by atoms with Crippen LogP contribution in [0.1, 0.15) is 25.0 Å². The molecule has 0 bridgehead atoms. The van der Waals surface area contributed by atoms with Crippen molar-refractivity contribution < 1.29 is 19.1 Å². The molecule has 28 heavy (non-hydrogen) atoms. The zero-order valence-corrected chi connectivity index (χ0v) is 15.4. The quantitative estimate of drug-likeness (QED) is 0.319. The number of hydrogen-bond acceptors (Lipinski definition) is 5. The molecule has 0 spiro atoms. The van der Waals surface area contributed by atoms with E-state index in [4.69, 9.17) is 14.8 Å². The second-order valence-electron chi connectivity index (χ2n) is 6.61. The van der Waals surface area contributed by atoms with Crippen LogP contribution in [0.5, 0.6) is 0 Å². The third-order valence-corrected chi connectivity index (χ3v) is 4.44. The average Bonchev–Trinajstić information content (AvgIpc) is 2.93. The Bertz CT molecular complexity index is 959. The fraction of sp³-hybridized carbons (Fsp3) is 0.368. The number of aliphatic imine (C=N–C) groups is 1. The van der Waals surface area contributed by atoms with Crippen molar-refractivity contribution in [3.8, 4) is 6.19 Å². The molecular weight excluding hydrogens is 362 g/mol. The highest BCUT2D eigenvalue weighted by Gasteiger charge is 2.28. The summed E-state index contributed by atoms with van der Waals surface area (Å²) in [6, 6.07) is 6.59. The molecule has 1 fully saturated rings. The predicted octanol–water partition coefficient (Wildman–Crippen LogP) is 2.05. The van der Waals surface area contributed by atoms with Gasteiger partial charge in [-0.25, -0.2) is 4.99 Å². The smallest absolute Gasteiger partial charge is 0.323 e. The predicted molar refractivity (Wildman–Crippen MR) is 103 cm³/mol. The van der Waals surface area contributed by atoms with E-state index in [2.05, 4.69) is 15.6 Å². The van der Waals surface area contributed by atoms with Gasteiger partial charge in [-0.3, -0.25) is 14.9 Å². The van der Waals surface area contributed by atoms with E-state index in [-0.39, 0.29) is 18.4 Å². The number of carbonyl (C=O) groups is 2. The summed E-state index contributed by atoms with van der Waals surface area (Å²) in [5, 5.41) is 24.4. The zero-order chi connectivity index (χ0) is 20.1. The van der Waals surface area contributed by atoms with Crippen molar-refractivity contribution in [1.29, 1.82) is 5.26 Å². The largest absolute Gasteiger partial charge is 0.480 e. The summed E-state index contributed by atoms with van der Waals surface area (Å²) in [5.74, 6) is -0.480. The van der Waals surface area contributed by atoms with Gasteiger partial charge in [0.2, 0.25) is 11.9 Å². The fourth-order valence-electron chi connectivity index (χ4n) is 3.22. The number of carbonyl (C=O) groups excluding carboxylic acids is 1. The Balaban J connectivity index is 1.82. The number of anilines is 1. The molecule has 1 amide bonds. The van der Waals surface area contributed by atoms with Crippen molar-refractivity contribution in [2.75, 3.05) is 18.4 Å². The van der Waals surface area contributed by atoms with E-state index in [0.717, 1.165) is 29.6 Å². The van der Waals surface area contributed by atoms with E-state index in [1.807, 2.05) is 25.2 Å². The van der Waals surface area contributed by atoms with Crippen molar-refractivity contribution >= 4 is 34.5 Å². The topological polar surface area (TPSA) is 131 Å². The third-order valence-electron chi connectivity index (χ3n) is 4.44. The lowest BCUT2D eigenvalue weighted by atomic mass is 10.1. The number of hydrogen-bond donors (Lipinski definition) is 3. The SMILES string of the molecule is Cc1cc2cc(NC(=NC3CCCCN(CC(=O)O)C3=O)NC#N)ccc2o1. The Morgan fingerprint density at radius 2 is 2.25 bits per heavy atom. The Morgan fingerprint density at radius 1 is 1.43 bits per heavy atom. The second kappa shape index (κ2) is 8.43. The first-order chi connectivity index (χ1) is 13.5. The van der Waals surface area contributed by atoms with Crippen LogP contribution < -0.4 is 10.6 Å². The zero-order valence-electron chi connectivity index (χ0n) is 15.4. The summed E-state index contributed by atoms with van der Waals surface area (Å²) in [6.45, 7) is 1.90. The first-order valence-electron chi connectivity index (χ1n) is 8.97. The number of nitrogens with zero attached hydrogens (tertiary/aromatic N) is 3. The summed E-state index contributed by atoms with van der Waals surface area (Å²) in [4.78, 5) is 29.3. The van der Waals surface area contributed by atoms with Crippen molar-refractivity contribution in [3.63, 3.8) is 0 Å². The van der Waals surface area contributed by atoms with Crippen molar-refractivity contribution in [1.82, 2.24) is 10.2 Å². The molecule has 0 aliphatic carbocycles. The number of nitriles is 1. The summed E-state index contributed by atoms with van der Waals surface area (Å²) >= 11 is 0. The Kier molecular flexibility index (Phi) is 5.79. The summed E-state index contributed by atoms with van der Waals surface area (Å²) < 4.78 is 5.54. The lowest BCUT2D eigenvalue weighted by Crippen LogP contribution is -2.41. The molecule has 3 N–H and O–H groups in total. The maximum atomic E-state index is 12.7. The normalized spacial score (nSPS) is 17.9. The lowest BCUT2D eigenvalue weighted by molar-refractivity contribution is -0.144. The van der Waals surface area contributed by atoms with Crippen molar-refractivity contribution in [3.05, 3.63) is 30.0 Å². The number of nitrogens with one attached hydrogen (secondary N) is 2. The Hall–Kier alpha value is -3.54. The highest BCUT2D eigenvalue weighted by atomic mass is 16.4. The minimum Gasteiger partial charge on any atom is -0.480 e. The minimum absolute atomic E-state index is 0.137. The number of guanidine groups is 1. The molecular formula is C19H21N5O4. The van der Waals surface area contributed by atoms with Crippen LogP contribution in [0.15, 0.2) is 33.7 Å². The van der Waals surface area contributed by atoms with Crippen molar-refractivity contribution in [2.24, 2.45) is 4.99 Å². The molecule has 0 radical (unpaired) electrons. The second-order valence-corrected chi connectivity index (χ2v) is 6.61. The molecule has 1 unspecified atom stereocenters. The fourth-order valence-corrected chi connectivity index (χ4v) is 3.22. The van der Waals surface area contributed by atoms with Gasteiger partial charge in [0.25, 0.3) is 0 Å². The van der Waals surface area contributed by atoms with Gasteiger partial charge in [0.05, 0.1) is 0 Å². The first kappa shape index (κ1) is 19.2. The van der Waals surface area contributed by atoms with Crippen LogP contribution >= 0.6 is 0 Å². The molecule has 9 heteroatoms. The first-order valence-corrected chi connectivity index (χ1v) is 8.97. The van der Waals surface area contributed by atoms with Crippen LogP contribution in [-0.2, 0) is 9.59 Å². The monoisotopic (exact) mass is 383 g/mol. The van der Waals surface area contributed by atoms with Gasteiger partial charge in [-0.05, 0) is 50.5 Å². The van der Waals surface area contributed by atoms with Crippen LogP contribution in [-0.4, -0.2) is 47.0 Å². The molecule has 9 nitrogen and oxygen atoms in total. The van der Waals surface area contributed by atoms with E-state index in [0.29, 0.717) is 18.7 Å². The lowest BCUT2D eigenvalue weighted by Gasteiger charge is -2.21. The summed E-state index contributed by atoms with van der Waals surface area (Å²) in [7, 11) is 0. The average molecular weight is 383 g/mol. The molecule has 1 atom stereocenters. The highest BCUT2D eigenvalue weighted by Crippen LogP contribution is 2.23. The number of benzene rings is 1. The number of fused-ring (bicyclic) bond motifs is 1. The van der Waals surface area contributed by atoms with Gasteiger partial charge in [0, 0.05) is 17.6 Å². The highest BCUT2D eigenvalue weighted by molar-refractivity contribution is 5.98. The number of rotatable bonds is 4. The number of carboxylic acids is 1. The van der Waals surface area contributed by atoms with Crippen LogP contribution in [0.2, 0.25) is 0 Å². The third kappa shape index (κ3) is 4.59. The summed E-state index contributed by atoms with van der Waals surface area (Å²) in [5.41, 5.74) is 1.43. The van der Waals surface area contributed by atoms with Gasteiger partial charge in [0.1, 0.15) is 23.9 Å². The van der Waals surface area contributed by atoms with Gasteiger partial charge in [-0.2, -0.15) is 5.26 Å². The van der Waals surface area contributed by atoms with Gasteiger partial charge in [-0.15, -0.1) is 0 Å². The van der Waals surface area contributed by atoms with Gasteiger partial charge in [-0.1, -0.05) is 0 Å². The van der Waals surface area contributed by atoms with Crippen LogP contribution in [0.4, 0.5) is 5.69 Å². The number of aryl methyl sites for hydroxylation is 1. The number of likely N-dealkylation sites (tertiary alicyclic amines) is 1. The van der Waals surface area contributed by atoms with E-state index in [1.54, 1.807) is 12.1 Å². The molecule has 1 aliphatic rings. The van der Waals surface area contributed by atoms with E-state index >= 15 is 0 Å². The van der Waals surface area contributed by atoms with Gasteiger partial charge < -0.3 is 19.7 Å².